The predicted molar refractivity (Wildman–Crippen MR) is 19.3 cm³/mol. The second-order valence-corrected chi connectivity index (χ2v) is 1.54. The van der Waals surface area contributed by atoms with Gasteiger partial charge >= 0.3 is 26.8 Å². The minimum atomic E-state index is -4.17. The fourth-order valence-electron chi connectivity index (χ4n) is 0. The Morgan fingerprint density at radius 2 is 1.43 bits per heavy atom. The fourth-order valence-corrected chi connectivity index (χ4v) is 0. The molecule has 0 aliphatic heterocycles. The minimum Gasteiger partial charge on any atom is -0.412 e. The van der Waals surface area contributed by atoms with Crippen molar-refractivity contribution in [2.45, 2.75) is 0 Å². The van der Waals surface area contributed by atoms with Gasteiger partial charge in [-0.1, -0.05) is 0 Å². The molecule has 0 rings (SSSR count). The van der Waals surface area contributed by atoms with Crippen LogP contribution >= 0.6 is 0 Å². The van der Waals surface area contributed by atoms with Crippen LogP contribution in [0.3, 0.4) is 0 Å². The van der Waals surface area contributed by atoms with Crippen molar-refractivity contribution < 1.29 is 34.9 Å². The molecule has 0 saturated heterocycles. The van der Waals surface area contributed by atoms with E-state index in [0.717, 1.165) is 0 Å². The molecule has 0 amide bonds. The molecule has 7 heteroatoms. The molecule has 0 aliphatic carbocycles. The van der Waals surface area contributed by atoms with Gasteiger partial charge in [0.25, 0.3) is 0 Å². The molecule has 0 bridgehead atoms. The van der Waals surface area contributed by atoms with E-state index >= 15 is 0 Å². The third kappa shape index (κ3) is 1130. The van der Waals surface area contributed by atoms with Gasteiger partial charge in [0, 0.05) is 0 Å². The second-order valence-electron chi connectivity index (χ2n) is 0.515. The molecule has 0 atom stereocenters. The van der Waals surface area contributed by atoms with Gasteiger partial charge in [0.2, 0.25) is 0 Å². The smallest absolute Gasteiger partial charge is 0.412 e. The molecule has 0 aromatic rings. The Morgan fingerprint density at radius 3 is 1.43 bits per heavy atom. The number of rotatable bonds is 0. The van der Waals surface area contributed by atoms with Crippen LogP contribution in [-0.4, -0.2) is 18.4 Å². The average Bonchev–Trinajstić information content (AvgIpc) is 0.722. The van der Waals surface area contributed by atoms with Crippen LogP contribution in [0.15, 0.2) is 0 Å². The van der Waals surface area contributed by atoms with Gasteiger partial charge in [-0.05, 0) is 0 Å². The third-order valence-corrected chi connectivity index (χ3v) is 0. The van der Waals surface area contributed by atoms with Crippen LogP contribution in [-0.2, 0) is 26.8 Å². The zero-order chi connectivity index (χ0) is 4.50. The van der Waals surface area contributed by atoms with Crippen molar-refractivity contribution in [3.8, 4) is 0 Å². The Balaban J connectivity index is -0.0000000800. The van der Waals surface area contributed by atoms with E-state index in [9.17, 15) is 0 Å². The summed E-state index contributed by atoms with van der Waals surface area (Å²) in [6.07, 6.45) is 0. The molecule has 0 spiro atoms. The Morgan fingerprint density at radius 1 is 1.43 bits per heavy atom. The monoisotopic (exact) mass is 173 g/mol. The summed E-state index contributed by atoms with van der Waals surface area (Å²) in [5.41, 5.74) is 0. The summed E-state index contributed by atoms with van der Waals surface area (Å²) in [4.78, 5) is 0. The Bertz CT molecular complexity index is 94.9. The zero-order valence-corrected chi connectivity index (χ0v) is 4.87. The quantitative estimate of drug-likeness (QED) is 0.324. The molecule has 48 valence electrons. The van der Waals surface area contributed by atoms with Crippen LogP contribution in [0.25, 0.3) is 0 Å². The molecule has 5 N–H and O–H groups in total. The standard InChI is InChI=1S/H3NO3S.Ni.H2O/c1-5(2,3)4;;/h(H3,1,2,3,4);;1H2/q;+2;. The van der Waals surface area contributed by atoms with Crippen molar-refractivity contribution in [1.29, 1.82) is 0 Å². The van der Waals surface area contributed by atoms with Crippen LogP contribution in [0, 0.1) is 0 Å². The van der Waals surface area contributed by atoms with E-state index in [1.165, 1.54) is 0 Å². The summed E-state index contributed by atoms with van der Waals surface area (Å²) < 4.78 is 25.2. The van der Waals surface area contributed by atoms with Crippen molar-refractivity contribution in [2.75, 3.05) is 0 Å². The van der Waals surface area contributed by atoms with Gasteiger partial charge in [-0.3, -0.25) is 4.55 Å². The number of hydrogen-bond acceptors (Lipinski definition) is 2. The van der Waals surface area contributed by atoms with Gasteiger partial charge in [-0.15, -0.1) is 0 Å². The topological polar surface area (TPSA) is 112 Å². The maximum Gasteiger partial charge on any atom is 2.00 e. The van der Waals surface area contributed by atoms with E-state index in [1.807, 2.05) is 0 Å². The molecule has 0 unspecified atom stereocenters. The van der Waals surface area contributed by atoms with E-state index < -0.39 is 10.3 Å². The average molecular weight is 174 g/mol. The zero-order valence-electron chi connectivity index (χ0n) is 3.07. The van der Waals surface area contributed by atoms with Gasteiger partial charge in [0.15, 0.2) is 0 Å². The first-order valence-corrected chi connectivity index (χ1v) is 2.25. The van der Waals surface area contributed by atoms with Gasteiger partial charge in [0.1, 0.15) is 0 Å². The van der Waals surface area contributed by atoms with Crippen molar-refractivity contribution in [3.05, 3.63) is 0 Å². The molecule has 0 aliphatic rings. The van der Waals surface area contributed by atoms with Crippen LogP contribution < -0.4 is 5.14 Å². The Hall–Kier alpha value is 0.324. The Kier molecular flexibility index (Phi) is 10.0. The molecular weight excluding hydrogens is 169 g/mol. The first-order valence-electron chi connectivity index (χ1n) is 0.752. The maximum absolute atomic E-state index is 8.97. The molecule has 0 radical (unpaired) electrons. The predicted octanol–water partition coefficient (Wildman–Crippen LogP) is -2.08. The van der Waals surface area contributed by atoms with Crippen molar-refractivity contribution in [2.24, 2.45) is 5.14 Å². The second kappa shape index (κ2) is 4.48. The number of nitrogens with two attached hydrogens (primary N) is 1. The first kappa shape index (κ1) is 15.7. The van der Waals surface area contributed by atoms with E-state index in [0.29, 0.717) is 0 Å². The van der Waals surface area contributed by atoms with Gasteiger partial charge in [-0.25, -0.2) is 5.14 Å². The van der Waals surface area contributed by atoms with E-state index in [2.05, 4.69) is 5.14 Å². The summed E-state index contributed by atoms with van der Waals surface area (Å²) >= 11 is 0. The summed E-state index contributed by atoms with van der Waals surface area (Å²) in [6, 6.07) is 0. The molecular formula is H5NNiO4S+2. The van der Waals surface area contributed by atoms with E-state index in [1.54, 1.807) is 0 Å². The Labute approximate surface area is 51.0 Å². The summed E-state index contributed by atoms with van der Waals surface area (Å²) in [6.45, 7) is 0. The van der Waals surface area contributed by atoms with Crippen molar-refractivity contribution >= 4 is 10.3 Å². The minimum absolute atomic E-state index is 0. The summed E-state index contributed by atoms with van der Waals surface area (Å²) in [5, 5.41) is 3.88. The number of hydrogen-bond donors (Lipinski definition) is 2. The largest absolute Gasteiger partial charge is 2.00 e. The first-order chi connectivity index (χ1) is 2.00. The van der Waals surface area contributed by atoms with Gasteiger partial charge < -0.3 is 5.48 Å². The molecule has 0 heterocycles. The van der Waals surface area contributed by atoms with Crippen LogP contribution in [0.2, 0.25) is 0 Å². The third-order valence-electron chi connectivity index (χ3n) is 0. The van der Waals surface area contributed by atoms with E-state index in [-0.39, 0.29) is 22.0 Å². The maximum atomic E-state index is 8.97. The van der Waals surface area contributed by atoms with Gasteiger partial charge in [-0.2, -0.15) is 8.42 Å². The van der Waals surface area contributed by atoms with Crippen molar-refractivity contribution in [3.63, 3.8) is 0 Å². The summed E-state index contributed by atoms with van der Waals surface area (Å²) in [7, 11) is -4.17. The van der Waals surface area contributed by atoms with Crippen LogP contribution in [0.1, 0.15) is 0 Å². The fraction of sp³-hybridized carbons (Fsp3) is 0. The molecule has 5 nitrogen and oxygen atoms in total. The molecule has 0 aromatic carbocycles. The van der Waals surface area contributed by atoms with Gasteiger partial charge in [0.05, 0.1) is 0 Å². The van der Waals surface area contributed by atoms with Crippen LogP contribution in [0.5, 0.6) is 0 Å². The van der Waals surface area contributed by atoms with E-state index in [4.69, 9.17) is 13.0 Å². The normalized spacial score (nSPS) is 8.29. The molecule has 0 fully saturated rings. The molecule has 7 heavy (non-hydrogen) atoms. The molecule has 0 aromatic heterocycles. The summed E-state index contributed by atoms with van der Waals surface area (Å²) in [5.74, 6) is 0. The van der Waals surface area contributed by atoms with Crippen LogP contribution in [0.4, 0.5) is 0 Å². The SMILES string of the molecule is NS(=O)(=O)O.O.[Ni+2]. The van der Waals surface area contributed by atoms with Crippen molar-refractivity contribution in [1.82, 2.24) is 0 Å². The molecule has 0 saturated carbocycles.